The minimum Gasteiger partial charge on any atom is -0.357 e. The van der Waals surface area contributed by atoms with E-state index < -0.39 is 0 Å². The van der Waals surface area contributed by atoms with Crippen LogP contribution in [0.3, 0.4) is 0 Å². The number of anilines is 1. The first kappa shape index (κ1) is 18.6. The lowest BCUT2D eigenvalue weighted by atomic mass is 10.1. The molecule has 1 aliphatic rings. The highest BCUT2D eigenvalue weighted by atomic mass is 32.1. The number of rotatable bonds is 5. The van der Waals surface area contributed by atoms with E-state index in [-0.39, 0.29) is 0 Å². The van der Waals surface area contributed by atoms with Crippen LogP contribution in [0.1, 0.15) is 35.5 Å². The Balaban J connectivity index is 1.58. The second-order valence-electron chi connectivity index (χ2n) is 6.68. The van der Waals surface area contributed by atoms with E-state index in [4.69, 9.17) is 0 Å². The number of piperidine rings is 1. The number of nitrogens with one attached hydrogen (secondary N) is 1. The van der Waals surface area contributed by atoms with Gasteiger partial charge in [0.05, 0.1) is 17.2 Å². The van der Waals surface area contributed by atoms with E-state index >= 15 is 0 Å². The zero-order valence-corrected chi connectivity index (χ0v) is 16.7. The molecule has 0 bridgehead atoms. The van der Waals surface area contributed by atoms with Crippen molar-refractivity contribution in [2.75, 3.05) is 32.1 Å². The maximum Gasteiger partial charge on any atom is 0.194 e. The molecule has 0 aliphatic carbocycles. The lowest BCUT2D eigenvalue weighted by molar-refractivity contribution is 0.470. The highest BCUT2D eigenvalue weighted by Gasteiger charge is 2.13. The monoisotopic (exact) mass is 372 g/mol. The predicted octanol–water partition coefficient (Wildman–Crippen LogP) is 3.04. The van der Waals surface area contributed by atoms with Gasteiger partial charge < -0.3 is 15.1 Å². The van der Waals surface area contributed by atoms with Gasteiger partial charge in [0.2, 0.25) is 0 Å². The van der Waals surface area contributed by atoms with Crippen molar-refractivity contribution in [2.24, 2.45) is 4.99 Å². The SMILES string of the molecule is CN=C(NCc1ccnc(N2CCCCC2)c1)N(C)Cc1csc(C)n1. The van der Waals surface area contributed by atoms with Crippen LogP contribution >= 0.6 is 11.3 Å². The molecule has 0 unspecified atom stereocenters. The fraction of sp³-hybridized carbons (Fsp3) is 0.526. The Morgan fingerprint density at radius 2 is 2.15 bits per heavy atom. The summed E-state index contributed by atoms with van der Waals surface area (Å²) in [6.07, 6.45) is 5.76. The quantitative estimate of drug-likeness (QED) is 0.646. The summed E-state index contributed by atoms with van der Waals surface area (Å²) in [6.45, 7) is 5.74. The van der Waals surface area contributed by atoms with E-state index in [0.717, 1.165) is 48.7 Å². The van der Waals surface area contributed by atoms with Crippen molar-refractivity contribution < 1.29 is 0 Å². The molecule has 0 spiro atoms. The first-order valence-electron chi connectivity index (χ1n) is 9.18. The zero-order chi connectivity index (χ0) is 18.4. The Labute approximate surface area is 160 Å². The van der Waals surface area contributed by atoms with Crippen molar-refractivity contribution >= 4 is 23.1 Å². The van der Waals surface area contributed by atoms with E-state index in [1.54, 1.807) is 11.3 Å². The van der Waals surface area contributed by atoms with Crippen molar-refractivity contribution in [1.82, 2.24) is 20.2 Å². The molecular weight excluding hydrogens is 344 g/mol. The number of aliphatic imine (C=N–C) groups is 1. The summed E-state index contributed by atoms with van der Waals surface area (Å²) in [5, 5.41) is 6.65. The third-order valence-electron chi connectivity index (χ3n) is 4.58. The predicted molar refractivity (Wildman–Crippen MR) is 109 cm³/mol. The van der Waals surface area contributed by atoms with E-state index in [2.05, 4.69) is 47.6 Å². The molecule has 0 amide bonds. The molecule has 1 aliphatic heterocycles. The maximum absolute atomic E-state index is 4.55. The standard InChI is InChI=1S/C19H28N6S/c1-15-23-17(14-26-15)13-24(3)19(20-2)22-12-16-7-8-21-18(11-16)25-9-5-4-6-10-25/h7-8,11,14H,4-6,9-10,12-13H2,1-3H3,(H,20,22). The van der Waals surface area contributed by atoms with Crippen LogP contribution in [0.5, 0.6) is 0 Å². The molecule has 1 fully saturated rings. The fourth-order valence-electron chi connectivity index (χ4n) is 3.23. The first-order chi connectivity index (χ1) is 12.7. The van der Waals surface area contributed by atoms with Gasteiger partial charge in [-0.15, -0.1) is 11.3 Å². The summed E-state index contributed by atoms with van der Waals surface area (Å²) in [5.41, 5.74) is 2.30. The molecule has 1 N–H and O–H groups in total. The van der Waals surface area contributed by atoms with Crippen LogP contribution in [-0.2, 0) is 13.1 Å². The number of guanidine groups is 1. The molecular formula is C19H28N6S. The largest absolute Gasteiger partial charge is 0.357 e. The number of thiazole rings is 1. The number of hydrogen-bond donors (Lipinski definition) is 1. The summed E-state index contributed by atoms with van der Waals surface area (Å²) < 4.78 is 0. The van der Waals surface area contributed by atoms with Crippen LogP contribution < -0.4 is 10.2 Å². The van der Waals surface area contributed by atoms with Crippen molar-refractivity contribution in [3.05, 3.63) is 40.0 Å². The van der Waals surface area contributed by atoms with Gasteiger partial charge in [-0.1, -0.05) is 0 Å². The average Bonchev–Trinajstić information content (AvgIpc) is 3.08. The van der Waals surface area contributed by atoms with Crippen LogP contribution in [-0.4, -0.2) is 48.0 Å². The Morgan fingerprint density at radius 3 is 2.85 bits per heavy atom. The Kier molecular flexibility index (Phi) is 6.44. The van der Waals surface area contributed by atoms with Gasteiger partial charge in [-0.05, 0) is 43.9 Å². The summed E-state index contributed by atoms with van der Waals surface area (Å²) in [6, 6.07) is 4.26. The number of pyridine rings is 1. The van der Waals surface area contributed by atoms with Crippen molar-refractivity contribution in [1.29, 1.82) is 0 Å². The van der Waals surface area contributed by atoms with Gasteiger partial charge in [-0.2, -0.15) is 0 Å². The van der Waals surface area contributed by atoms with Gasteiger partial charge in [0.25, 0.3) is 0 Å². The molecule has 26 heavy (non-hydrogen) atoms. The molecule has 3 rings (SSSR count). The van der Waals surface area contributed by atoms with E-state index in [1.165, 1.54) is 24.8 Å². The van der Waals surface area contributed by atoms with Gasteiger partial charge in [0.15, 0.2) is 5.96 Å². The second-order valence-corrected chi connectivity index (χ2v) is 7.75. The van der Waals surface area contributed by atoms with E-state index in [0.29, 0.717) is 0 Å². The zero-order valence-electron chi connectivity index (χ0n) is 15.9. The van der Waals surface area contributed by atoms with Gasteiger partial charge in [0.1, 0.15) is 5.82 Å². The van der Waals surface area contributed by atoms with Crippen LogP contribution in [0.15, 0.2) is 28.7 Å². The minimum atomic E-state index is 0.733. The third kappa shape index (κ3) is 4.94. The molecule has 140 valence electrons. The maximum atomic E-state index is 4.55. The Hall–Kier alpha value is -2.15. The molecule has 0 radical (unpaired) electrons. The summed E-state index contributed by atoms with van der Waals surface area (Å²) in [7, 11) is 3.85. The van der Waals surface area contributed by atoms with E-state index in [9.17, 15) is 0 Å². The van der Waals surface area contributed by atoms with Crippen molar-refractivity contribution in [2.45, 2.75) is 39.3 Å². The lowest BCUT2D eigenvalue weighted by Crippen LogP contribution is -2.38. The summed E-state index contributed by atoms with van der Waals surface area (Å²) >= 11 is 1.68. The highest BCUT2D eigenvalue weighted by Crippen LogP contribution is 2.18. The van der Waals surface area contributed by atoms with Crippen LogP contribution in [0.2, 0.25) is 0 Å². The number of aryl methyl sites for hydroxylation is 1. The van der Waals surface area contributed by atoms with Crippen molar-refractivity contribution in [3.8, 4) is 0 Å². The molecule has 0 saturated carbocycles. The van der Waals surface area contributed by atoms with Crippen LogP contribution in [0.4, 0.5) is 5.82 Å². The number of nitrogens with zero attached hydrogens (tertiary/aromatic N) is 5. The van der Waals surface area contributed by atoms with Gasteiger partial charge in [-0.3, -0.25) is 4.99 Å². The molecule has 0 aromatic carbocycles. The minimum absolute atomic E-state index is 0.733. The molecule has 3 heterocycles. The fourth-order valence-corrected chi connectivity index (χ4v) is 3.83. The molecule has 0 atom stereocenters. The lowest BCUT2D eigenvalue weighted by Gasteiger charge is -2.28. The number of aromatic nitrogens is 2. The normalized spacial score (nSPS) is 15.2. The molecule has 2 aromatic rings. The molecule has 1 saturated heterocycles. The first-order valence-corrected chi connectivity index (χ1v) is 10.1. The number of hydrogen-bond acceptors (Lipinski definition) is 5. The summed E-state index contributed by atoms with van der Waals surface area (Å²) in [5.74, 6) is 1.96. The average molecular weight is 373 g/mol. The smallest absolute Gasteiger partial charge is 0.194 e. The molecule has 2 aromatic heterocycles. The third-order valence-corrected chi connectivity index (χ3v) is 5.40. The second kappa shape index (κ2) is 8.98. The van der Waals surface area contributed by atoms with E-state index in [1.807, 2.05) is 27.2 Å². The van der Waals surface area contributed by atoms with Gasteiger partial charge >= 0.3 is 0 Å². The topological polar surface area (TPSA) is 56.7 Å². The Bertz CT molecular complexity index is 735. The van der Waals surface area contributed by atoms with Gasteiger partial charge in [-0.25, -0.2) is 9.97 Å². The van der Waals surface area contributed by atoms with Crippen LogP contribution in [0.25, 0.3) is 0 Å². The summed E-state index contributed by atoms with van der Waals surface area (Å²) in [4.78, 5) is 18.0. The Morgan fingerprint density at radius 1 is 1.35 bits per heavy atom. The van der Waals surface area contributed by atoms with Gasteiger partial charge in [0, 0.05) is 45.3 Å². The van der Waals surface area contributed by atoms with Crippen molar-refractivity contribution in [3.63, 3.8) is 0 Å². The highest BCUT2D eigenvalue weighted by molar-refractivity contribution is 7.09. The van der Waals surface area contributed by atoms with Crippen LogP contribution in [0, 0.1) is 6.92 Å². The molecule has 7 heteroatoms. The molecule has 6 nitrogen and oxygen atoms in total.